The molecule has 6 nitrogen and oxygen atoms in total. The van der Waals surface area contributed by atoms with Crippen LogP contribution in [0.1, 0.15) is 27.8 Å². The molecule has 1 unspecified atom stereocenters. The average Bonchev–Trinajstić information content (AvgIpc) is 3.34. The number of hydrogen-bond donors (Lipinski definition) is 2. The van der Waals surface area contributed by atoms with Gasteiger partial charge in [0, 0.05) is 35.7 Å². The van der Waals surface area contributed by atoms with E-state index < -0.39 is 12.0 Å². The summed E-state index contributed by atoms with van der Waals surface area (Å²) in [5.74, 6) is -1.25. The number of fused-ring (bicyclic) bond motifs is 7. The molecule has 0 bridgehead atoms. The summed E-state index contributed by atoms with van der Waals surface area (Å²) in [5, 5.41) is 18.6. The highest BCUT2D eigenvalue weighted by Crippen LogP contribution is 2.42. The molecule has 0 saturated carbocycles. The number of benzene rings is 7. The van der Waals surface area contributed by atoms with Crippen molar-refractivity contribution in [2.75, 3.05) is 11.9 Å². The summed E-state index contributed by atoms with van der Waals surface area (Å²) in [7, 11) is 0. The lowest BCUT2D eigenvalue weighted by atomic mass is 9.88. The molecule has 53 heavy (non-hydrogen) atoms. The van der Waals surface area contributed by atoms with Crippen LogP contribution in [0.4, 0.5) is 5.69 Å². The standard InChI is InChI=1S/C46H36ClN3O3/c47-36-23-24-40(39(26-36)45(33-15-5-2-6-16-33)49-41(46(52)53)25-30-11-3-1-4-12-30)48-42(51)29-50-27-34-21-19-31-13-7-9-17-37(31)43(34)44-35(28-50)22-20-32-14-8-10-18-38(32)44/h1-24,26,41H,25,27-29H2,(H,48,51)(H,52,53). The zero-order valence-corrected chi connectivity index (χ0v) is 29.6. The van der Waals surface area contributed by atoms with E-state index in [-0.39, 0.29) is 18.9 Å². The Balaban J connectivity index is 1.14. The first kappa shape index (κ1) is 34.0. The van der Waals surface area contributed by atoms with Crippen molar-refractivity contribution in [3.63, 3.8) is 0 Å². The van der Waals surface area contributed by atoms with Gasteiger partial charge in [0.25, 0.3) is 0 Å². The van der Waals surface area contributed by atoms with Crippen LogP contribution in [0, 0.1) is 0 Å². The maximum atomic E-state index is 14.1. The van der Waals surface area contributed by atoms with Gasteiger partial charge in [0.15, 0.2) is 6.04 Å². The molecule has 260 valence electrons. The van der Waals surface area contributed by atoms with Crippen molar-refractivity contribution < 1.29 is 14.7 Å². The molecule has 2 N–H and O–H groups in total. The second kappa shape index (κ2) is 14.9. The van der Waals surface area contributed by atoms with Gasteiger partial charge in [-0.25, -0.2) is 4.79 Å². The molecular formula is C46H36ClN3O3. The fourth-order valence-electron chi connectivity index (χ4n) is 7.43. The number of nitrogens with one attached hydrogen (secondary N) is 1. The van der Waals surface area contributed by atoms with Crippen molar-refractivity contribution in [2.24, 2.45) is 4.99 Å². The summed E-state index contributed by atoms with van der Waals surface area (Å²) in [6.45, 7) is 1.30. The van der Waals surface area contributed by atoms with E-state index in [2.05, 4.69) is 83.0 Å². The van der Waals surface area contributed by atoms with E-state index in [1.54, 1.807) is 18.2 Å². The Labute approximate surface area is 313 Å². The van der Waals surface area contributed by atoms with Crippen molar-refractivity contribution in [3.05, 3.63) is 184 Å². The van der Waals surface area contributed by atoms with Crippen LogP contribution >= 0.6 is 11.6 Å². The lowest BCUT2D eigenvalue weighted by molar-refractivity contribution is -0.138. The summed E-state index contributed by atoms with van der Waals surface area (Å²) in [6.07, 6.45) is 0.206. The molecular weight excluding hydrogens is 678 g/mol. The Kier molecular flexibility index (Phi) is 9.55. The second-order valence-corrected chi connectivity index (χ2v) is 13.8. The number of rotatable bonds is 9. The van der Waals surface area contributed by atoms with Crippen molar-refractivity contribution in [2.45, 2.75) is 25.6 Å². The van der Waals surface area contributed by atoms with Gasteiger partial charge in [0.05, 0.1) is 17.9 Å². The molecule has 7 aromatic rings. The van der Waals surface area contributed by atoms with Crippen LogP contribution in [0.2, 0.25) is 5.02 Å². The fraction of sp³-hybridized carbons (Fsp3) is 0.109. The van der Waals surface area contributed by atoms with Crippen molar-refractivity contribution in [1.82, 2.24) is 4.90 Å². The average molecular weight is 714 g/mol. The number of carbonyl (C=O) groups is 2. The smallest absolute Gasteiger partial charge is 0.328 e. The number of hydrogen-bond acceptors (Lipinski definition) is 4. The molecule has 0 saturated heterocycles. The van der Waals surface area contributed by atoms with E-state index in [4.69, 9.17) is 16.6 Å². The number of anilines is 1. The van der Waals surface area contributed by atoms with Gasteiger partial charge in [-0.2, -0.15) is 0 Å². The molecule has 1 aliphatic heterocycles. The van der Waals surface area contributed by atoms with Gasteiger partial charge < -0.3 is 10.4 Å². The minimum absolute atomic E-state index is 0.129. The first-order valence-corrected chi connectivity index (χ1v) is 18.0. The first-order valence-electron chi connectivity index (χ1n) is 17.6. The molecule has 8 rings (SSSR count). The zero-order valence-electron chi connectivity index (χ0n) is 28.9. The van der Waals surface area contributed by atoms with Gasteiger partial charge in [-0.05, 0) is 67.6 Å². The predicted molar refractivity (Wildman–Crippen MR) is 215 cm³/mol. The number of carbonyl (C=O) groups excluding carboxylic acids is 1. The third-order valence-electron chi connectivity index (χ3n) is 9.84. The van der Waals surface area contributed by atoms with Gasteiger partial charge in [-0.3, -0.25) is 14.7 Å². The summed E-state index contributed by atoms with van der Waals surface area (Å²) in [5.41, 5.74) is 7.80. The Morgan fingerprint density at radius 2 is 1.26 bits per heavy atom. The molecule has 1 heterocycles. The van der Waals surface area contributed by atoms with Crippen LogP contribution in [-0.4, -0.2) is 40.2 Å². The molecule has 1 atom stereocenters. The number of aliphatic carboxylic acids is 1. The summed E-state index contributed by atoms with van der Waals surface area (Å²) in [4.78, 5) is 33.7. The number of nitrogens with zero attached hydrogens (tertiary/aromatic N) is 2. The quantitative estimate of drug-likeness (QED) is 0.146. The Hall–Kier alpha value is -6.08. The molecule has 7 aromatic carbocycles. The van der Waals surface area contributed by atoms with Crippen LogP contribution < -0.4 is 5.32 Å². The highest BCUT2D eigenvalue weighted by atomic mass is 35.5. The van der Waals surface area contributed by atoms with Gasteiger partial charge in [-0.15, -0.1) is 0 Å². The summed E-state index contributed by atoms with van der Waals surface area (Å²) in [6, 6.07) is 48.7. The lowest BCUT2D eigenvalue weighted by Crippen LogP contribution is -2.32. The van der Waals surface area contributed by atoms with Crippen LogP contribution in [0.5, 0.6) is 0 Å². The van der Waals surface area contributed by atoms with E-state index in [0.717, 1.165) is 16.7 Å². The number of halogens is 1. The molecule has 0 spiro atoms. The molecule has 0 aromatic heterocycles. The van der Waals surface area contributed by atoms with Crippen LogP contribution in [0.25, 0.3) is 32.7 Å². The zero-order chi connectivity index (χ0) is 36.3. The van der Waals surface area contributed by atoms with E-state index in [0.29, 0.717) is 40.6 Å². The number of amides is 1. The molecule has 0 radical (unpaired) electrons. The normalized spacial score (nSPS) is 13.6. The van der Waals surface area contributed by atoms with Crippen molar-refractivity contribution in [3.8, 4) is 11.1 Å². The first-order chi connectivity index (χ1) is 25.9. The maximum absolute atomic E-state index is 14.1. The predicted octanol–water partition coefficient (Wildman–Crippen LogP) is 9.80. The SMILES string of the molecule is O=C(CN1Cc2ccc3ccccc3c2-c2c(ccc3ccccc23)C1)Nc1ccc(Cl)cc1C(=NC(Cc1ccccc1)C(=O)O)c1ccccc1. The van der Waals surface area contributed by atoms with E-state index >= 15 is 0 Å². The van der Waals surface area contributed by atoms with Crippen LogP contribution in [-0.2, 0) is 29.1 Å². The molecule has 0 fully saturated rings. The minimum atomic E-state index is -1.07. The van der Waals surface area contributed by atoms with E-state index in [9.17, 15) is 14.7 Å². The van der Waals surface area contributed by atoms with Crippen molar-refractivity contribution in [1.29, 1.82) is 0 Å². The van der Waals surface area contributed by atoms with Crippen molar-refractivity contribution >= 4 is 56.4 Å². The highest BCUT2D eigenvalue weighted by molar-refractivity contribution is 6.31. The van der Waals surface area contributed by atoms with Crippen LogP contribution in [0.15, 0.2) is 157 Å². The van der Waals surface area contributed by atoms with E-state index in [1.807, 2.05) is 60.7 Å². The monoisotopic (exact) mass is 713 g/mol. The van der Waals surface area contributed by atoms with Gasteiger partial charge in [0.2, 0.25) is 5.91 Å². The Morgan fingerprint density at radius 1 is 0.698 bits per heavy atom. The molecule has 1 aliphatic rings. The maximum Gasteiger partial charge on any atom is 0.328 e. The topological polar surface area (TPSA) is 82.0 Å². The molecule has 1 amide bonds. The fourth-order valence-corrected chi connectivity index (χ4v) is 7.60. The third-order valence-corrected chi connectivity index (χ3v) is 10.1. The van der Waals surface area contributed by atoms with Gasteiger partial charge in [0.1, 0.15) is 0 Å². The van der Waals surface area contributed by atoms with E-state index in [1.165, 1.54) is 32.7 Å². The number of carboxylic acids is 1. The third kappa shape index (κ3) is 7.20. The Morgan fingerprint density at radius 3 is 1.87 bits per heavy atom. The second-order valence-electron chi connectivity index (χ2n) is 13.4. The highest BCUT2D eigenvalue weighted by Gasteiger charge is 2.26. The molecule has 0 aliphatic carbocycles. The summed E-state index contributed by atoms with van der Waals surface area (Å²) < 4.78 is 0. The molecule has 7 heteroatoms. The van der Waals surface area contributed by atoms with Crippen LogP contribution in [0.3, 0.4) is 0 Å². The number of carboxylic acid groups (broad SMARTS) is 1. The Bertz CT molecular complexity index is 2430. The van der Waals surface area contributed by atoms with Gasteiger partial charge >= 0.3 is 5.97 Å². The largest absolute Gasteiger partial charge is 0.480 e. The minimum Gasteiger partial charge on any atom is -0.480 e. The van der Waals surface area contributed by atoms with Gasteiger partial charge in [-0.1, -0.05) is 145 Å². The number of aliphatic imine (C=N–C) groups is 1. The summed E-state index contributed by atoms with van der Waals surface area (Å²) >= 11 is 6.57. The lowest BCUT2D eigenvalue weighted by Gasteiger charge is -2.22.